The van der Waals surface area contributed by atoms with Crippen LogP contribution in [0.4, 0.5) is 0 Å². The van der Waals surface area contributed by atoms with Crippen LogP contribution in [0.25, 0.3) is 0 Å². The summed E-state index contributed by atoms with van der Waals surface area (Å²) in [4.78, 5) is 11.0. The first-order valence-electron chi connectivity index (χ1n) is 4.22. The molecule has 0 saturated carbocycles. The van der Waals surface area contributed by atoms with Crippen LogP contribution in [-0.4, -0.2) is 19.1 Å². The van der Waals surface area contributed by atoms with Crippen molar-refractivity contribution in [3.63, 3.8) is 0 Å². The Morgan fingerprint density at radius 2 is 2.17 bits per heavy atom. The normalized spacial score (nSPS) is 11.4. The molecular weight excluding hydrogens is 154 g/mol. The fraction of sp³-hybridized carbons (Fsp3) is 0.667. The number of carbonyl (C=O) groups excluding carboxylic acids is 1. The van der Waals surface area contributed by atoms with Crippen molar-refractivity contribution in [3.05, 3.63) is 11.6 Å². The molecule has 0 heterocycles. The molecular formula is C9H17NO2. The second-order valence-electron chi connectivity index (χ2n) is 2.60. The highest BCUT2D eigenvalue weighted by molar-refractivity contribution is 5.87. The van der Waals surface area contributed by atoms with Crippen molar-refractivity contribution in [2.75, 3.05) is 13.2 Å². The number of rotatable bonds is 5. The van der Waals surface area contributed by atoms with Crippen molar-refractivity contribution in [3.8, 4) is 0 Å². The monoisotopic (exact) mass is 171 g/mol. The van der Waals surface area contributed by atoms with Gasteiger partial charge in [-0.25, -0.2) is 4.79 Å². The molecule has 0 rings (SSSR count). The Balaban J connectivity index is 3.45. The average Bonchev–Trinajstić information content (AvgIpc) is 2.10. The Labute approximate surface area is 73.6 Å². The molecule has 0 radical (unpaired) electrons. The van der Waals surface area contributed by atoms with Gasteiger partial charge in [0.15, 0.2) is 0 Å². The highest BCUT2D eigenvalue weighted by Gasteiger charge is 2.02. The lowest BCUT2D eigenvalue weighted by Crippen LogP contribution is -2.08. The molecule has 0 saturated heterocycles. The van der Waals surface area contributed by atoms with Crippen LogP contribution in [0, 0.1) is 0 Å². The third-order valence-corrected chi connectivity index (χ3v) is 1.59. The van der Waals surface area contributed by atoms with Crippen LogP contribution in [0.3, 0.4) is 0 Å². The van der Waals surface area contributed by atoms with E-state index in [1.165, 1.54) is 0 Å². The quantitative estimate of drug-likeness (QED) is 0.384. The van der Waals surface area contributed by atoms with Gasteiger partial charge >= 0.3 is 5.97 Å². The summed E-state index contributed by atoms with van der Waals surface area (Å²) in [6.45, 7) is 4.68. The molecule has 0 spiro atoms. The molecule has 0 aromatic carbocycles. The summed E-state index contributed by atoms with van der Waals surface area (Å²) in [5.74, 6) is -0.227. The molecule has 0 amide bonds. The van der Waals surface area contributed by atoms with Gasteiger partial charge in [-0.1, -0.05) is 6.08 Å². The molecule has 0 bridgehead atoms. The predicted octanol–water partition coefficient (Wildman–Crippen LogP) is 1.23. The van der Waals surface area contributed by atoms with E-state index in [-0.39, 0.29) is 5.97 Å². The number of allylic oxidation sites excluding steroid dienone is 1. The lowest BCUT2D eigenvalue weighted by Gasteiger charge is -2.03. The number of nitrogens with two attached hydrogens (primary N) is 1. The number of hydrogen-bond donors (Lipinski definition) is 1. The van der Waals surface area contributed by atoms with Gasteiger partial charge in [0.1, 0.15) is 0 Å². The summed E-state index contributed by atoms with van der Waals surface area (Å²) >= 11 is 0. The van der Waals surface area contributed by atoms with E-state index in [1.807, 2.05) is 6.92 Å². The maximum atomic E-state index is 11.0. The summed E-state index contributed by atoms with van der Waals surface area (Å²) in [5, 5.41) is 0. The third-order valence-electron chi connectivity index (χ3n) is 1.59. The largest absolute Gasteiger partial charge is 0.462 e. The van der Waals surface area contributed by atoms with E-state index in [2.05, 4.69) is 0 Å². The molecule has 0 aliphatic rings. The van der Waals surface area contributed by atoms with Crippen LogP contribution in [0.2, 0.25) is 0 Å². The van der Waals surface area contributed by atoms with Crippen molar-refractivity contribution < 1.29 is 9.53 Å². The van der Waals surface area contributed by atoms with Crippen LogP contribution in [0.15, 0.2) is 11.6 Å². The van der Waals surface area contributed by atoms with Crippen LogP contribution < -0.4 is 5.73 Å². The molecule has 0 aromatic rings. The molecule has 70 valence electrons. The van der Waals surface area contributed by atoms with Gasteiger partial charge in [-0.05, 0) is 33.2 Å². The first-order chi connectivity index (χ1) is 5.72. The fourth-order valence-corrected chi connectivity index (χ4v) is 0.643. The lowest BCUT2D eigenvalue weighted by atomic mass is 10.3. The van der Waals surface area contributed by atoms with Crippen molar-refractivity contribution >= 4 is 5.97 Å². The molecule has 0 aliphatic heterocycles. The molecule has 3 heteroatoms. The van der Waals surface area contributed by atoms with Gasteiger partial charge in [0.2, 0.25) is 0 Å². The van der Waals surface area contributed by atoms with Gasteiger partial charge in [-0.15, -0.1) is 0 Å². The first kappa shape index (κ1) is 11.2. The Bertz CT molecular complexity index is 164. The summed E-state index contributed by atoms with van der Waals surface area (Å²) in [6.07, 6.45) is 3.49. The van der Waals surface area contributed by atoms with Gasteiger partial charge < -0.3 is 10.5 Å². The molecule has 3 nitrogen and oxygen atoms in total. The van der Waals surface area contributed by atoms with Crippen LogP contribution in [0.5, 0.6) is 0 Å². The molecule has 0 fully saturated rings. The van der Waals surface area contributed by atoms with Crippen molar-refractivity contribution in [1.29, 1.82) is 0 Å². The summed E-state index contributed by atoms with van der Waals surface area (Å²) < 4.78 is 4.93. The standard InChI is InChI=1S/C9H17NO2/c1-3-8(2)9(11)12-7-5-4-6-10/h3H,4-7,10H2,1-2H3. The SMILES string of the molecule is CC=C(C)C(=O)OCCCCN. The number of carbonyl (C=O) groups is 1. The van der Waals surface area contributed by atoms with E-state index in [9.17, 15) is 4.79 Å². The minimum absolute atomic E-state index is 0.227. The van der Waals surface area contributed by atoms with Crippen molar-refractivity contribution in [2.24, 2.45) is 5.73 Å². The Morgan fingerprint density at radius 3 is 2.67 bits per heavy atom. The van der Waals surface area contributed by atoms with E-state index in [4.69, 9.17) is 10.5 Å². The molecule has 12 heavy (non-hydrogen) atoms. The Hall–Kier alpha value is -0.830. The van der Waals surface area contributed by atoms with Gasteiger partial charge in [-0.3, -0.25) is 0 Å². The molecule has 0 aromatic heterocycles. The molecule has 0 unspecified atom stereocenters. The second-order valence-corrected chi connectivity index (χ2v) is 2.60. The van der Waals surface area contributed by atoms with E-state index >= 15 is 0 Å². The minimum Gasteiger partial charge on any atom is -0.462 e. The number of hydrogen-bond acceptors (Lipinski definition) is 3. The zero-order valence-corrected chi connectivity index (χ0v) is 7.80. The zero-order chi connectivity index (χ0) is 9.40. The summed E-state index contributed by atoms with van der Waals surface area (Å²) in [7, 11) is 0. The van der Waals surface area contributed by atoms with Crippen LogP contribution in [-0.2, 0) is 9.53 Å². The molecule has 2 N–H and O–H groups in total. The molecule has 0 atom stereocenters. The maximum absolute atomic E-state index is 11.0. The predicted molar refractivity (Wildman–Crippen MR) is 48.7 cm³/mol. The van der Waals surface area contributed by atoms with Crippen LogP contribution >= 0.6 is 0 Å². The van der Waals surface area contributed by atoms with Gasteiger partial charge in [-0.2, -0.15) is 0 Å². The number of ether oxygens (including phenoxy) is 1. The fourth-order valence-electron chi connectivity index (χ4n) is 0.643. The van der Waals surface area contributed by atoms with Crippen molar-refractivity contribution in [1.82, 2.24) is 0 Å². The minimum atomic E-state index is -0.227. The van der Waals surface area contributed by atoms with Crippen molar-refractivity contribution in [2.45, 2.75) is 26.7 Å². The highest BCUT2D eigenvalue weighted by atomic mass is 16.5. The van der Waals surface area contributed by atoms with Gasteiger partial charge in [0.25, 0.3) is 0 Å². The Kier molecular flexibility index (Phi) is 6.38. The summed E-state index contributed by atoms with van der Waals surface area (Å²) in [6, 6.07) is 0. The van der Waals surface area contributed by atoms with E-state index in [1.54, 1.807) is 13.0 Å². The van der Waals surface area contributed by atoms with Gasteiger partial charge in [0.05, 0.1) is 6.61 Å². The smallest absolute Gasteiger partial charge is 0.333 e. The molecule has 0 aliphatic carbocycles. The summed E-state index contributed by atoms with van der Waals surface area (Å²) in [5.41, 5.74) is 5.93. The topological polar surface area (TPSA) is 52.3 Å². The third kappa shape index (κ3) is 4.91. The number of unbranched alkanes of at least 4 members (excludes halogenated alkanes) is 1. The lowest BCUT2D eigenvalue weighted by molar-refractivity contribution is -0.139. The number of esters is 1. The van der Waals surface area contributed by atoms with Crippen LogP contribution in [0.1, 0.15) is 26.7 Å². The van der Waals surface area contributed by atoms with E-state index < -0.39 is 0 Å². The van der Waals surface area contributed by atoms with E-state index in [0.717, 1.165) is 12.8 Å². The van der Waals surface area contributed by atoms with E-state index in [0.29, 0.717) is 18.7 Å². The first-order valence-corrected chi connectivity index (χ1v) is 4.22. The maximum Gasteiger partial charge on any atom is 0.333 e. The highest BCUT2D eigenvalue weighted by Crippen LogP contribution is 1.97. The zero-order valence-electron chi connectivity index (χ0n) is 7.80. The van der Waals surface area contributed by atoms with Gasteiger partial charge in [0, 0.05) is 5.57 Å². The average molecular weight is 171 g/mol. The second kappa shape index (κ2) is 6.85. The Morgan fingerprint density at radius 1 is 1.50 bits per heavy atom.